The van der Waals surface area contributed by atoms with E-state index in [2.05, 4.69) is 27.1 Å². The number of hydrogen-bond donors (Lipinski definition) is 1. The minimum absolute atomic E-state index is 0.181. The van der Waals surface area contributed by atoms with Gasteiger partial charge < -0.3 is 10.6 Å². The summed E-state index contributed by atoms with van der Waals surface area (Å²) in [5.41, 5.74) is 7.09. The third-order valence-electron chi connectivity index (χ3n) is 5.52. The SMILES string of the molecule is Cc1nc(CN2CCC(C(=O)N3CCC(C)CC3CN)CC2)cs1. The molecule has 3 rings (SSSR count). The number of likely N-dealkylation sites (tertiary alicyclic amines) is 2. The van der Waals surface area contributed by atoms with Gasteiger partial charge in [0.1, 0.15) is 0 Å². The molecule has 0 spiro atoms. The van der Waals surface area contributed by atoms with Crippen LogP contribution in [0.3, 0.4) is 0 Å². The van der Waals surface area contributed by atoms with E-state index in [1.807, 2.05) is 6.92 Å². The van der Waals surface area contributed by atoms with E-state index in [-0.39, 0.29) is 12.0 Å². The number of nitrogens with zero attached hydrogens (tertiary/aromatic N) is 3. The zero-order valence-corrected chi connectivity index (χ0v) is 15.7. The summed E-state index contributed by atoms with van der Waals surface area (Å²) >= 11 is 1.71. The van der Waals surface area contributed by atoms with E-state index in [9.17, 15) is 4.79 Å². The second kappa shape index (κ2) is 7.93. The predicted molar refractivity (Wildman–Crippen MR) is 97.8 cm³/mol. The number of piperidine rings is 2. The van der Waals surface area contributed by atoms with Gasteiger partial charge in [-0.3, -0.25) is 9.69 Å². The lowest BCUT2D eigenvalue weighted by atomic mass is 9.89. The van der Waals surface area contributed by atoms with Crippen molar-refractivity contribution in [2.45, 2.75) is 52.1 Å². The average molecular weight is 351 g/mol. The fourth-order valence-corrected chi connectivity index (χ4v) is 4.65. The molecule has 0 radical (unpaired) electrons. The van der Waals surface area contributed by atoms with Gasteiger partial charge in [-0.15, -0.1) is 11.3 Å². The smallest absolute Gasteiger partial charge is 0.226 e. The quantitative estimate of drug-likeness (QED) is 0.905. The number of amides is 1. The molecule has 0 aromatic carbocycles. The molecule has 5 nitrogen and oxygen atoms in total. The number of nitrogens with two attached hydrogens (primary N) is 1. The fraction of sp³-hybridized carbons (Fsp3) is 0.778. The Balaban J connectivity index is 1.51. The van der Waals surface area contributed by atoms with Crippen molar-refractivity contribution in [1.82, 2.24) is 14.8 Å². The van der Waals surface area contributed by atoms with Crippen molar-refractivity contribution in [1.29, 1.82) is 0 Å². The van der Waals surface area contributed by atoms with Gasteiger partial charge in [0.05, 0.1) is 10.7 Å². The molecule has 134 valence electrons. The number of carbonyl (C=O) groups excluding carboxylic acids is 1. The second-order valence-electron chi connectivity index (χ2n) is 7.46. The zero-order chi connectivity index (χ0) is 17.1. The van der Waals surface area contributed by atoms with Gasteiger partial charge in [-0.25, -0.2) is 4.98 Å². The molecular formula is C18H30N4OS. The van der Waals surface area contributed by atoms with Gasteiger partial charge in [-0.05, 0) is 51.6 Å². The van der Waals surface area contributed by atoms with E-state index in [1.54, 1.807) is 11.3 Å². The minimum Gasteiger partial charge on any atom is -0.338 e. The number of aromatic nitrogens is 1. The van der Waals surface area contributed by atoms with Crippen molar-refractivity contribution >= 4 is 17.2 Å². The van der Waals surface area contributed by atoms with Crippen LogP contribution in [0.5, 0.6) is 0 Å². The molecule has 2 fully saturated rings. The van der Waals surface area contributed by atoms with Crippen LogP contribution in [0.1, 0.15) is 43.3 Å². The van der Waals surface area contributed by atoms with Crippen molar-refractivity contribution in [3.8, 4) is 0 Å². The molecule has 24 heavy (non-hydrogen) atoms. The summed E-state index contributed by atoms with van der Waals surface area (Å²) in [6.07, 6.45) is 4.10. The van der Waals surface area contributed by atoms with Crippen LogP contribution in [0.4, 0.5) is 0 Å². The van der Waals surface area contributed by atoms with Crippen molar-refractivity contribution in [2.75, 3.05) is 26.2 Å². The van der Waals surface area contributed by atoms with Crippen molar-refractivity contribution in [2.24, 2.45) is 17.6 Å². The van der Waals surface area contributed by atoms with Gasteiger partial charge in [-0.1, -0.05) is 6.92 Å². The first kappa shape index (κ1) is 17.8. The summed E-state index contributed by atoms with van der Waals surface area (Å²) in [5.74, 6) is 1.22. The molecule has 2 N–H and O–H groups in total. The maximum Gasteiger partial charge on any atom is 0.226 e. The third-order valence-corrected chi connectivity index (χ3v) is 6.34. The Labute approximate surface area is 149 Å². The van der Waals surface area contributed by atoms with Gasteiger partial charge in [0.15, 0.2) is 0 Å². The van der Waals surface area contributed by atoms with Crippen LogP contribution in [-0.2, 0) is 11.3 Å². The van der Waals surface area contributed by atoms with Crippen molar-refractivity contribution < 1.29 is 4.79 Å². The normalized spacial score (nSPS) is 26.7. The van der Waals surface area contributed by atoms with Gasteiger partial charge >= 0.3 is 0 Å². The summed E-state index contributed by atoms with van der Waals surface area (Å²) < 4.78 is 0. The van der Waals surface area contributed by atoms with E-state index in [0.29, 0.717) is 18.4 Å². The molecule has 2 aliphatic rings. The lowest BCUT2D eigenvalue weighted by molar-refractivity contribution is -0.141. The zero-order valence-electron chi connectivity index (χ0n) is 14.9. The maximum atomic E-state index is 12.9. The molecule has 2 atom stereocenters. The number of aryl methyl sites for hydroxylation is 1. The highest BCUT2D eigenvalue weighted by molar-refractivity contribution is 7.09. The van der Waals surface area contributed by atoms with Crippen LogP contribution in [0.2, 0.25) is 0 Å². The number of hydrogen-bond acceptors (Lipinski definition) is 5. The van der Waals surface area contributed by atoms with Crippen LogP contribution >= 0.6 is 11.3 Å². The standard InChI is InChI=1S/C18H30N4OS/c1-13-3-8-22(17(9-13)10-19)18(23)15-4-6-21(7-5-15)11-16-12-24-14(2)20-16/h12-13,15,17H,3-11,19H2,1-2H3. The Morgan fingerprint density at radius 3 is 2.71 bits per heavy atom. The summed E-state index contributed by atoms with van der Waals surface area (Å²) in [7, 11) is 0. The Morgan fingerprint density at radius 1 is 1.33 bits per heavy atom. The Hall–Kier alpha value is -0.980. The number of rotatable bonds is 4. The van der Waals surface area contributed by atoms with E-state index in [1.165, 1.54) is 0 Å². The van der Waals surface area contributed by atoms with Crippen molar-refractivity contribution in [3.05, 3.63) is 16.1 Å². The fourth-order valence-electron chi connectivity index (χ4n) is 4.05. The van der Waals surface area contributed by atoms with E-state index in [4.69, 9.17) is 5.73 Å². The summed E-state index contributed by atoms with van der Waals surface area (Å²) in [5, 5.41) is 3.27. The van der Waals surface area contributed by atoms with E-state index < -0.39 is 0 Å². The summed E-state index contributed by atoms with van der Waals surface area (Å²) in [6.45, 7) is 8.70. The monoisotopic (exact) mass is 350 g/mol. The maximum absolute atomic E-state index is 12.9. The van der Waals surface area contributed by atoms with Crippen LogP contribution < -0.4 is 5.73 Å². The lowest BCUT2D eigenvalue weighted by Gasteiger charge is -2.41. The Kier molecular flexibility index (Phi) is 5.89. The highest BCUT2D eigenvalue weighted by atomic mass is 32.1. The highest BCUT2D eigenvalue weighted by Gasteiger charge is 2.34. The highest BCUT2D eigenvalue weighted by Crippen LogP contribution is 2.27. The van der Waals surface area contributed by atoms with Crippen LogP contribution in [0.15, 0.2) is 5.38 Å². The largest absolute Gasteiger partial charge is 0.338 e. The summed E-state index contributed by atoms with van der Waals surface area (Å²) in [6, 6.07) is 0.247. The predicted octanol–water partition coefficient (Wildman–Crippen LogP) is 2.25. The van der Waals surface area contributed by atoms with Crippen LogP contribution in [0.25, 0.3) is 0 Å². The molecule has 0 aliphatic carbocycles. The van der Waals surface area contributed by atoms with Gasteiger partial charge in [0.2, 0.25) is 5.91 Å². The second-order valence-corrected chi connectivity index (χ2v) is 8.52. The molecule has 6 heteroatoms. The Morgan fingerprint density at radius 2 is 2.08 bits per heavy atom. The Bertz CT molecular complexity index is 553. The lowest BCUT2D eigenvalue weighted by Crippen LogP contribution is -2.52. The van der Waals surface area contributed by atoms with Gasteiger partial charge in [0, 0.05) is 37.0 Å². The molecule has 2 saturated heterocycles. The number of thiazole rings is 1. The third kappa shape index (κ3) is 4.16. The van der Waals surface area contributed by atoms with E-state index >= 15 is 0 Å². The summed E-state index contributed by atoms with van der Waals surface area (Å²) in [4.78, 5) is 22.0. The molecule has 0 saturated carbocycles. The number of carbonyl (C=O) groups is 1. The van der Waals surface area contributed by atoms with Crippen LogP contribution in [-0.4, -0.2) is 52.9 Å². The van der Waals surface area contributed by atoms with Crippen molar-refractivity contribution in [3.63, 3.8) is 0 Å². The van der Waals surface area contributed by atoms with Gasteiger partial charge in [-0.2, -0.15) is 0 Å². The molecule has 3 heterocycles. The molecule has 2 aliphatic heterocycles. The van der Waals surface area contributed by atoms with Crippen LogP contribution in [0, 0.1) is 18.8 Å². The molecule has 2 unspecified atom stereocenters. The average Bonchev–Trinajstić information content (AvgIpc) is 2.99. The van der Waals surface area contributed by atoms with E-state index in [0.717, 1.165) is 62.6 Å². The molecular weight excluding hydrogens is 320 g/mol. The molecule has 1 amide bonds. The first-order valence-corrected chi connectivity index (χ1v) is 10.1. The molecule has 1 aromatic heterocycles. The molecule has 1 aromatic rings. The first-order chi connectivity index (χ1) is 11.6. The van der Waals surface area contributed by atoms with Gasteiger partial charge in [0.25, 0.3) is 0 Å². The topological polar surface area (TPSA) is 62.5 Å². The first-order valence-electron chi connectivity index (χ1n) is 9.20. The minimum atomic E-state index is 0.181. The molecule has 0 bridgehead atoms.